The number of rotatable bonds is 3. The van der Waals surface area contributed by atoms with Crippen LogP contribution >= 0.6 is 22.6 Å². The Kier molecular flexibility index (Phi) is 3.89. The van der Waals surface area contributed by atoms with Crippen LogP contribution in [-0.2, 0) is 0 Å². The Labute approximate surface area is 132 Å². The van der Waals surface area contributed by atoms with E-state index in [1.165, 1.54) is 14.3 Å². The summed E-state index contributed by atoms with van der Waals surface area (Å²) in [5.41, 5.74) is 8.46. The Hall–Kier alpha value is -1.59. The molecule has 0 aliphatic heterocycles. The van der Waals surface area contributed by atoms with Gasteiger partial charge in [0.25, 0.3) is 0 Å². The number of halogens is 1. The van der Waals surface area contributed by atoms with Gasteiger partial charge in [0.1, 0.15) is 6.17 Å². The predicted octanol–water partition coefficient (Wildman–Crippen LogP) is 4.51. The molecular formula is C17H15IN2. The third-order valence-corrected chi connectivity index (χ3v) is 4.04. The van der Waals surface area contributed by atoms with Gasteiger partial charge in [-0.3, -0.25) is 0 Å². The van der Waals surface area contributed by atoms with Crippen LogP contribution in [0.5, 0.6) is 0 Å². The standard InChI is InChI=1S/C17H15IN2/c18-13-8-10-14(11-9-13)20-17(19)16-7-3-5-12-4-1-2-6-15(12)16/h1-11,17,20H,19H2. The van der Waals surface area contributed by atoms with E-state index in [2.05, 4.69) is 64.3 Å². The van der Waals surface area contributed by atoms with Gasteiger partial charge in [0, 0.05) is 9.26 Å². The highest BCUT2D eigenvalue weighted by atomic mass is 127. The smallest absolute Gasteiger partial charge is 0.101 e. The summed E-state index contributed by atoms with van der Waals surface area (Å²) in [5.74, 6) is 0. The molecule has 0 aliphatic carbocycles. The summed E-state index contributed by atoms with van der Waals surface area (Å²) in [6, 6.07) is 22.8. The van der Waals surface area contributed by atoms with Gasteiger partial charge in [-0.25, -0.2) is 0 Å². The number of nitrogens with one attached hydrogen (secondary N) is 1. The van der Waals surface area contributed by atoms with E-state index in [0.717, 1.165) is 11.3 Å². The van der Waals surface area contributed by atoms with Crippen LogP contribution in [0.4, 0.5) is 5.69 Å². The molecule has 3 rings (SSSR count). The molecular weight excluding hydrogens is 359 g/mol. The average Bonchev–Trinajstić information content (AvgIpc) is 2.49. The van der Waals surface area contributed by atoms with E-state index in [4.69, 9.17) is 5.73 Å². The van der Waals surface area contributed by atoms with Crippen molar-refractivity contribution < 1.29 is 0 Å². The lowest BCUT2D eigenvalue weighted by molar-refractivity contribution is 0.845. The summed E-state index contributed by atoms with van der Waals surface area (Å²) in [7, 11) is 0. The molecule has 20 heavy (non-hydrogen) atoms. The molecule has 3 N–H and O–H groups in total. The molecule has 0 aromatic heterocycles. The minimum absolute atomic E-state index is 0.221. The lowest BCUT2D eigenvalue weighted by Gasteiger charge is -2.17. The van der Waals surface area contributed by atoms with E-state index in [1.807, 2.05) is 30.3 Å². The molecule has 0 amide bonds. The number of nitrogens with two attached hydrogens (primary N) is 1. The largest absolute Gasteiger partial charge is 0.366 e. The fourth-order valence-electron chi connectivity index (χ4n) is 2.33. The van der Waals surface area contributed by atoms with Gasteiger partial charge in [0.05, 0.1) is 0 Å². The lowest BCUT2D eigenvalue weighted by atomic mass is 10.0. The van der Waals surface area contributed by atoms with Crippen molar-refractivity contribution in [3.63, 3.8) is 0 Å². The van der Waals surface area contributed by atoms with Gasteiger partial charge in [0.15, 0.2) is 0 Å². The molecule has 0 spiro atoms. The van der Waals surface area contributed by atoms with Crippen molar-refractivity contribution in [1.82, 2.24) is 0 Å². The highest BCUT2D eigenvalue weighted by Crippen LogP contribution is 2.24. The van der Waals surface area contributed by atoms with Crippen LogP contribution in [0.2, 0.25) is 0 Å². The van der Waals surface area contributed by atoms with Crippen molar-refractivity contribution in [2.24, 2.45) is 5.73 Å². The summed E-state index contributed by atoms with van der Waals surface area (Å²) < 4.78 is 1.21. The molecule has 0 saturated heterocycles. The maximum atomic E-state index is 6.32. The van der Waals surface area contributed by atoms with E-state index in [-0.39, 0.29) is 6.17 Å². The van der Waals surface area contributed by atoms with Crippen LogP contribution in [0.3, 0.4) is 0 Å². The second-order valence-corrected chi connectivity index (χ2v) is 5.94. The zero-order valence-electron chi connectivity index (χ0n) is 10.9. The van der Waals surface area contributed by atoms with Crippen LogP contribution in [0, 0.1) is 3.57 Å². The fraction of sp³-hybridized carbons (Fsp3) is 0.0588. The van der Waals surface area contributed by atoms with E-state index in [0.29, 0.717) is 0 Å². The molecule has 3 heteroatoms. The van der Waals surface area contributed by atoms with E-state index >= 15 is 0 Å². The second kappa shape index (κ2) is 5.81. The van der Waals surface area contributed by atoms with Crippen molar-refractivity contribution >= 4 is 39.1 Å². The molecule has 1 unspecified atom stereocenters. The molecule has 0 saturated carbocycles. The first-order chi connectivity index (χ1) is 9.74. The zero-order valence-corrected chi connectivity index (χ0v) is 13.0. The maximum Gasteiger partial charge on any atom is 0.101 e. The second-order valence-electron chi connectivity index (χ2n) is 4.70. The molecule has 100 valence electrons. The number of benzene rings is 3. The van der Waals surface area contributed by atoms with Gasteiger partial charge in [-0.15, -0.1) is 0 Å². The molecule has 3 aromatic carbocycles. The van der Waals surface area contributed by atoms with Crippen molar-refractivity contribution in [2.45, 2.75) is 6.17 Å². The summed E-state index contributed by atoms with van der Waals surface area (Å²) in [5, 5.41) is 5.76. The summed E-state index contributed by atoms with van der Waals surface area (Å²) in [4.78, 5) is 0. The molecule has 3 aromatic rings. The Morgan fingerprint density at radius 3 is 2.35 bits per heavy atom. The van der Waals surface area contributed by atoms with Gasteiger partial charge in [-0.05, 0) is 63.2 Å². The first-order valence-electron chi connectivity index (χ1n) is 6.49. The number of hydrogen-bond acceptors (Lipinski definition) is 2. The summed E-state index contributed by atoms with van der Waals surface area (Å²) in [6.45, 7) is 0. The van der Waals surface area contributed by atoms with Crippen LogP contribution in [-0.4, -0.2) is 0 Å². The van der Waals surface area contributed by atoms with Crippen molar-refractivity contribution in [1.29, 1.82) is 0 Å². The quantitative estimate of drug-likeness (QED) is 0.523. The monoisotopic (exact) mass is 374 g/mol. The number of hydrogen-bond donors (Lipinski definition) is 2. The summed E-state index contributed by atoms with van der Waals surface area (Å²) >= 11 is 2.29. The molecule has 0 bridgehead atoms. The van der Waals surface area contributed by atoms with Crippen LogP contribution in [0.25, 0.3) is 10.8 Å². The SMILES string of the molecule is NC(Nc1ccc(I)cc1)c1cccc2ccccc12. The van der Waals surface area contributed by atoms with E-state index in [9.17, 15) is 0 Å². The highest BCUT2D eigenvalue weighted by molar-refractivity contribution is 14.1. The van der Waals surface area contributed by atoms with Crippen LogP contribution in [0.15, 0.2) is 66.7 Å². The number of fused-ring (bicyclic) bond motifs is 1. The van der Waals surface area contributed by atoms with Gasteiger partial charge >= 0.3 is 0 Å². The first kappa shape index (κ1) is 13.4. The van der Waals surface area contributed by atoms with Crippen LogP contribution < -0.4 is 11.1 Å². The van der Waals surface area contributed by atoms with E-state index < -0.39 is 0 Å². The third kappa shape index (κ3) is 2.78. The molecule has 1 atom stereocenters. The zero-order chi connectivity index (χ0) is 13.9. The Morgan fingerprint density at radius 2 is 1.55 bits per heavy atom. The van der Waals surface area contributed by atoms with Gasteiger partial charge < -0.3 is 11.1 Å². The lowest BCUT2D eigenvalue weighted by Crippen LogP contribution is -2.20. The molecule has 0 fully saturated rings. The predicted molar refractivity (Wildman–Crippen MR) is 93.7 cm³/mol. The maximum absolute atomic E-state index is 6.32. The highest BCUT2D eigenvalue weighted by Gasteiger charge is 2.09. The Morgan fingerprint density at radius 1 is 0.850 bits per heavy atom. The van der Waals surface area contributed by atoms with Crippen LogP contribution in [0.1, 0.15) is 11.7 Å². The van der Waals surface area contributed by atoms with Crippen molar-refractivity contribution in [2.75, 3.05) is 5.32 Å². The summed E-state index contributed by atoms with van der Waals surface area (Å²) in [6.07, 6.45) is -0.221. The fourth-order valence-corrected chi connectivity index (χ4v) is 2.68. The molecule has 0 heterocycles. The average molecular weight is 374 g/mol. The van der Waals surface area contributed by atoms with Gasteiger partial charge in [-0.2, -0.15) is 0 Å². The molecule has 0 radical (unpaired) electrons. The van der Waals surface area contributed by atoms with Crippen molar-refractivity contribution in [3.05, 3.63) is 75.9 Å². The third-order valence-electron chi connectivity index (χ3n) is 3.32. The Bertz CT molecular complexity index is 717. The van der Waals surface area contributed by atoms with Crippen molar-refractivity contribution in [3.8, 4) is 0 Å². The van der Waals surface area contributed by atoms with Gasteiger partial charge in [0.2, 0.25) is 0 Å². The minimum atomic E-state index is -0.221. The molecule has 0 aliphatic rings. The Balaban J connectivity index is 1.92. The molecule has 2 nitrogen and oxygen atoms in total. The minimum Gasteiger partial charge on any atom is -0.366 e. The van der Waals surface area contributed by atoms with Gasteiger partial charge in [-0.1, -0.05) is 42.5 Å². The normalized spacial score (nSPS) is 12.3. The first-order valence-corrected chi connectivity index (χ1v) is 7.57. The number of anilines is 1. The van der Waals surface area contributed by atoms with E-state index in [1.54, 1.807) is 0 Å². The topological polar surface area (TPSA) is 38.0 Å².